The largest absolute Gasteiger partial charge is 0.479 e. The number of carbonyl (C=O) groups is 3. The first kappa shape index (κ1) is 21.8. The monoisotopic (exact) mass is 438 g/mol. The van der Waals surface area contributed by atoms with Crippen molar-refractivity contribution in [2.45, 2.75) is 13.0 Å². The molecule has 2 aliphatic rings. The molecule has 3 amide bonds. The van der Waals surface area contributed by atoms with E-state index in [0.29, 0.717) is 42.6 Å². The van der Waals surface area contributed by atoms with Crippen LogP contribution in [0.2, 0.25) is 0 Å². The van der Waals surface area contributed by atoms with Gasteiger partial charge in [0.15, 0.2) is 6.10 Å². The molecule has 2 aromatic rings. The van der Waals surface area contributed by atoms with E-state index < -0.39 is 6.10 Å². The zero-order valence-electron chi connectivity index (χ0n) is 17.9. The Kier molecular flexibility index (Phi) is 6.67. The lowest BCUT2D eigenvalue weighted by Crippen LogP contribution is -2.47. The van der Waals surface area contributed by atoms with Gasteiger partial charge in [-0.25, -0.2) is 0 Å². The first-order chi connectivity index (χ1) is 15.5. The van der Waals surface area contributed by atoms with Gasteiger partial charge < -0.3 is 20.1 Å². The molecule has 0 spiro atoms. The van der Waals surface area contributed by atoms with Gasteiger partial charge in [-0.1, -0.05) is 12.1 Å². The van der Waals surface area contributed by atoms with Crippen LogP contribution in [0, 0.1) is 0 Å². The quantitative estimate of drug-likeness (QED) is 0.712. The van der Waals surface area contributed by atoms with E-state index in [4.69, 9.17) is 9.47 Å². The van der Waals surface area contributed by atoms with E-state index in [-0.39, 0.29) is 24.3 Å². The van der Waals surface area contributed by atoms with Gasteiger partial charge in [0.2, 0.25) is 11.8 Å². The lowest BCUT2D eigenvalue weighted by atomic mass is 10.2. The van der Waals surface area contributed by atoms with Gasteiger partial charge in [0.1, 0.15) is 12.3 Å². The average molecular weight is 438 g/mol. The average Bonchev–Trinajstić information content (AvgIpc) is 2.79. The summed E-state index contributed by atoms with van der Waals surface area (Å²) in [6.07, 6.45) is -0.655. The highest BCUT2D eigenvalue weighted by Gasteiger charge is 2.32. The summed E-state index contributed by atoms with van der Waals surface area (Å²) < 4.78 is 10.9. The van der Waals surface area contributed by atoms with Crippen molar-refractivity contribution in [1.82, 2.24) is 4.90 Å². The predicted molar refractivity (Wildman–Crippen MR) is 120 cm³/mol. The summed E-state index contributed by atoms with van der Waals surface area (Å²) in [5.41, 5.74) is 1.79. The second-order valence-electron chi connectivity index (χ2n) is 7.71. The van der Waals surface area contributed by atoms with Crippen molar-refractivity contribution in [2.24, 2.45) is 0 Å². The van der Waals surface area contributed by atoms with Crippen LogP contribution in [-0.4, -0.2) is 68.1 Å². The lowest BCUT2D eigenvalue weighted by molar-refractivity contribution is -0.127. The van der Waals surface area contributed by atoms with Gasteiger partial charge in [-0.3, -0.25) is 24.2 Å². The minimum absolute atomic E-state index is 0.0951. The molecule has 0 bridgehead atoms. The maximum absolute atomic E-state index is 12.6. The van der Waals surface area contributed by atoms with Crippen molar-refractivity contribution in [3.8, 4) is 5.75 Å². The number of amides is 3. The third kappa shape index (κ3) is 5.24. The molecule has 2 aromatic carbocycles. The molecular weight excluding hydrogens is 412 g/mol. The molecule has 9 nitrogen and oxygen atoms in total. The number of benzene rings is 2. The molecule has 168 valence electrons. The highest BCUT2D eigenvalue weighted by atomic mass is 16.5. The van der Waals surface area contributed by atoms with E-state index >= 15 is 0 Å². The summed E-state index contributed by atoms with van der Waals surface area (Å²) in [6, 6.07) is 14.0. The Bertz CT molecular complexity index is 988. The maximum atomic E-state index is 12.6. The molecule has 9 heteroatoms. The van der Waals surface area contributed by atoms with Crippen LogP contribution < -0.4 is 20.3 Å². The minimum atomic E-state index is -0.655. The van der Waals surface area contributed by atoms with Crippen molar-refractivity contribution >= 4 is 34.8 Å². The molecule has 0 aromatic heterocycles. The fourth-order valence-electron chi connectivity index (χ4n) is 3.67. The normalized spacial score (nSPS) is 18.5. The highest BCUT2D eigenvalue weighted by Crippen LogP contribution is 2.33. The Labute approximate surface area is 186 Å². The number of rotatable bonds is 6. The van der Waals surface area contributed by atoms with Crippen LogP contribution in [-0.2, 0) is 19.1 Å². The zero-order valence-corrected chi connectivity index (χ0v) is 17.9. The van der Waals surface area contributed by atoms with Crippen LogP contribution in [0.15, 0.2) is 48.5 Å². The summed E-state index contributed by atoms with van der Waals surface area (Å²) in [4.78, 5) is 40.8. The maximum Gasteiger partial charge on any atom is 0.268 e. The van der Waals surface area contributed by atoms with E-state index in [1.54, 1.807) is 49.4 Å². The molecule has 0 radical (unpaired) electrons. The number of para-hydroxylation sites is 2. The van der Waals surface area contributed by atoms with Crippen LogP contribution in [0.5, 0.6) is 5.75 Å². The summed E-state index contributed by atoms with van der Waals surface area (Å²) in [5.74, 6) is -0.115. The van der Waals surface area contributed by atoms with Crippen LogP contribution in [0.1, 0.15) is 6.92 Å². The summed E-state index contributed by atoms with van der Waals surface area (Å²) in [7, 11) is 0. The molecule has 0 saturated carbocycles. The zero-order chi connectivity index (χ0) is 22.5. The molecule has 2 aliphatic heterocycles. The number of morpholine rings is 1. The number of nitrogens with one attached hydrogen (secondary N) is 2. The number of hydrogen-bond donors (Lipinski definition) is 2. The molecule has 2 N–H and O–H groups in total. The third-order valence-corrected chi connectivity index (χ3v) is 5.30. The van der Waals surface area contributed by atoms with Crippen molar-refractivity contribution in [3.05, 3.63) is 48.5 Å². The van der Waals surface area contributed by atoms with Gasteiger partial charge in [-0.05, 0) is 43.3 Å². The smallest absolute Gasteiger partial charge is 0.268 e. The number of nitrogens with zero attached hydrogens (tertiary/aromatic N) is 2. The van der Waals surface area contributed by atoms with E-state index in [0.717, 1.165) is 13.1 Å². The number of hydrogen-bond acceptors (Lipinski definition) is 6. The van der Waals surface area contributed by atoms with Gasteiger partial charge in [-0.15, -0.1) is 0 Å². The fraction of sp³-hybridized carbons (Fsp3) is 0.348. The second kappa shape index (κ2) is 9.80. The molecule has 32 heavy (non-hydrogen) atoms. The van der Waals surface area contributed by atoms with E-state index in [1.165, 1.54) is 4.90 Å². The van der Waals surface area contributed by atoms with Gasteiger partial charge >= 0.3 is 0 Å². The number of fused-ring (bicyclic) bond motifs is 1. The Balaban J connectivity index is 1.32. The second-order valence-corrected chi connectivity index (χ2v) is 7.71. The number of ether oxygens (including phenoxy) is 2. The van der Waals surface area contributed by atoms with Crippen molar-refractivity contribution in [3.63, 3.8) is 0 Å². The summed E-state index contributed by atoms with van der Waals surface area (Å²) in [6.45, 7) is 4.62. The molecule has 1 saturated heterocycles. The topological polar surface area (TPSA) is 100 Å². The van der Waals surface area contributed by atoms with Crippen molar-refractivity contribution in [1.29, 1.82) is 0 Å². The molecule has 1 atom stereocenters. The van der Waals surface area contributed by atoms with Crippen LogP contribution >= 0.6 is 0 Å². The van der Waals surface area contributed by atoms with Crippen molar-refractivity contribution < 1.29 is 23.9 Å². The first-order valence-corrected chi connectivity index (χ1v) is 10.6. The van der Waals surface area contributed by atoms with Crippen LogP contribution in [0.3, 0.4) is 0 Å². The Morgan fingerprint density at radius 2 is 1.53 bits per heavy atom. The Morgan fingerprint density at radius 1 is 0.938 bits per heavy atom. The summed E-state index contributed by atoms with van der Waals surface area (Å²) >= 11 is 0. The molecular formula is C23H26N4O5. The molecule has 4 rings (SSSR count). The van der Waals surface area contributed by atoms with E-state index in [2.05, 4.69) is 10.6 Å². The van der Waals surface area contributed by atoms with Crippen LogP contribution in [0.25, 0.3) is 0 Å². The SMILES string of the molecule is CC1Oc2ccccc2N(CC(=O)Nc2ccc(NC(=O)CN3CCOCC3)cc2)C1=O. The van der Waals surface area contributed by atoms with Gasteiger partial charge in [0.25, 0.3) is 5.91 Å². The standard InChI is InChI=1S/C23H26N4O5/c1-16-23(30)27(19-4-2-3-5-20(19)32-16)15-22(29)25-18-8-6-17(7-9-18)24-21(28)14-26-10-12-31-13-11-26/h2-9,16H,10-15H2,1H3,(H,24,28)(H,25,29). The molecule has 2 heterocycles. The molecule has 1 unspecified atom stereocenters. The number of anilines is 3. The number of carbonyl (C=O) groups excluding carboxylic acids is 3. The fourth-order valence-corrected chi connectivity index (χ4v) is 3.67. The van der Waals surface area contributed by atoms with E-state index in [1.807, 2.05) is 11.0 Å². The Hall–Kier alpha value is -3.43. The Morgan fingerprint density at radius 3 is 2.19 bits per heavy atom. The lowest BCUT2D eigenvalue weighted by Gasteiger charge is -2.32. The predicted octanol–water partition coefficient (Wildman–Crippen LogP) is 1.71. The third-order valence-electron chi connectivity index (χ3n) is 5.30. The molecule has 0 aliphatic carbocycles. The van der Waals surface area contributed by atoms with Gasteiger partial charge in [-0.2, -0.15) is 0 Å². The van der Waals surface area contributed by atoms with Gasteiger partial charge in [0, 0.05) is 24.5 Å². The summed E-state index contributed by atoms with van der Waals surface area (Å²) in [5, 5.41) is 5.65. The van der Waals surface area contributed by atoms with E-state index in [9.17, 15) is 14.4 Å². The van der Waals surface area contributed by atoms with Crippen LogP contribution in [0.4, 0.5) is 17.1 Å². The highest BCUT2D eigenvalue weighted by molar-refractivity contribution is 6.06. The van der Waals surface area contributed by atoms with Crippen molar-refractivity contribution in [2.75, 3.05) is 54.9 Å². The van der Waals surface area contributed by atoms with Gasteiger partial charge in [0.05, 0.1) is 25.4 Å². The molecule has 1 fully saturated rings. The minimum Gasteiger partial charge on any atom is -0.479 e. The first-order valence-electron chi connectivity index (χ1n) is 10.6.